The summed E-state index contributed by atoms with van der Waals surface area (Å²) in [5.74, 6) is -0.180. The summed E-state index contributed by atoms with van der Waals surface area (Å²) in [7, 11) is 2.03. The van der Waals surface area contributed by atoms with E-state index in [4.69, 9.17) is 13.6 Å². The molecule has 7 rings (SSSR count). The molecule has 0 amide bonds. The zero-order valence-corrected chi connectivity index (χ0v) is 25.1. The molecule has 0 N–H and O–H groups in total. The van der Waals surface area contributed by atoms with Crippen molar-refractivity contribution in [2.75, 3.05) is 44.7 Å². The number of rotatable bonds is 3. The predicted octanol–water partition coefficient (Wildman–Crippen LogP) is 5.19. The van der Waals surface area contributed by atoms with E-state index >= 15 is 4.39 Å². The second-order valence-corrected chi connectivity index (χ2v) is 12.1. The Balaban J connectivity index is 1.40. The van der Waals surface area contributed by atoms with Crippen molar-refractivity contribution in [2.45, 2.75) is 13.0 Å². The maximum absolute atomic E-state index is 15.5. The molecule has 2 aromatic carbocycles. The lowest BCUT2D eigenvalue weighted by molar-refractivity contribution is 0.245. The van der Waals surface area contributed by atoms with Crippen molar-refractivity contribution in [3.05, 3.63) is 65.7 Å². The average Bonchev–Trinajstić information content (AvgIpc) is 3.42. The molecule has 5 heterocycles. The fraction of sp³-hybridized carbons (Fsp3) is 0.286. The number of hydrogen-bond donors (Lipinski definition) is 0. The van der Waals surface area contributed by atoms with Crippen molar-refractivity contribution in [3.8, 4) is 28.8 Å². The van der Waals surface area contributed by atoms with Gasteiger partial charge in [0.1, 0.15) is 23.6 Å². The van der Waals surface area contributed by atoms with Crippen LogP contribution >= 0.6 is 31.9 Å². The van der Waals surface area contributed by atoms with Crippen molar-refractivity contribution in [2.24, 2.45) is 0 Å². The molecule has 13 heteroatoms. The Morgan fingerprint density at radius 1 is 0.976 bits per heavy atom. The summed E-state index contributed by atoms with van der Waals surface area (Å²) in [5, 5.41) is 9.16. The first-order valence-electron chi connectivity index (χ1n) is 12.9. The zero-order chi connectivity index (χ0) is 28.6. The first kappa shape index (κ1) is 26.4. The van der Waals surface area contributed by atoms with Crippen LogP contribution in [0.2, 0.25) is 0 Å². The number of aromatic nitrogens is 3. The molecule has 41 heavy (non-hydrogen) atoms. The summed E-state index contributed by atoms with van der Waals surface area (Å²) in [4.78, 5) is 30.3. The fourth-order valence-corrected chi connectivity index (χ4v) is 6.87. The van der Waals surface area contributed by atoms with Crippen LogP contribution in [0, 0.1) is 5.82 Å². The Labute approximate surface area is 248 Å². The van der Waals surface area contributed by atoms with Crippen molar-refractivity contribution in [1.82, 2.24) is 19.7 Å². The molecule has 0 bridgehead atoms. The average molecular weight is 687 g/mol. The number of pyridine rings is 1. The summed E-state index contributed by atoms with van der Waals surface area (Å²) in [6.07, 6.45) is 0. The lowest BCUT2D eigenvalue weighted by Crippen LogP contribution is -2.45. The molecule has 2 aliphatic heterocycles. The molecule has 1 unspecified atom stereocenters. The number of ether oxygens (including phenoxy) is 1. The topological polar surface area (TPSA) is 107 Å². The molecule has 0 spiro atoms. The first-order valence-corrected chi connectivity index (χ1v) is 14.5. The molecule has 10 nitrogen and oxygen atoms in total. The van der Waals surface area contributed by atoms with Gasteiger partial charge in [0.25, 0.3) is 11.8 Å². The Bertz CT molecular complexity index is 2000. The first-order chi connectivity index (χ1) is 19.7. The highest BCUT2D eigenvalue weighted by atomic mass is 79.9. The number of hydrogen-bond acceptors (Lipinski definition) is 9. The second kappa shape index (κ2) is 9.78. The Morgan fingerprint density at radius 2 is 1.73 bits per heavy atom. The lowest BCUT2D eigenvalue weighted by atomic mass is 10.1. The maximum Gasteiger partial charge on any atom is 0.349 e. The van der Waals surface area contributed by atoms with Crippen molar-refractivity contribution in [3.63, 3.8) is 0 Å². The standard InChI is InChI=1S/C28H22Br2FN5O5/c1-13-12-39-25-22-16(10-19(31)23(25)35-5-3-34(2)4-6-35)21(37)11-20(36(13)22)27-33-32-26(41-27)17-8-14-7-15(29)9-18(30)24(14)40-28(17)38/h7-11,13H,3-6,12H2,1-2H3. The van der Waals surface area contributed by atoms with Gasteiger partial charge in [0, 0.05) is 42.1 Å². The van der Waals surface area contributed by atoms with Crippen molar-refractivity contribution < 1.29 is 18.0 Å². The predicted molar refractivity (Wildman–Crippen MR) is 158 cm³/mol. The van der Waals surface area contributed by atoms with Crippen LogP contribution in [0.1, 0.15) is 13.0 Å². The number of piperazine rings is 1. The van der Waals surface area contributed by atoms with Gasteiger partial charge in [-0.2, -0.15) is 0 Å². The van der Waals surface area contributed by atoms with Crippen LogP contribution in [0.4, 0.5) is 10.1 Å². The summed E-state index contributed by atoms with van der Waals surface area (Å²) in [5.41, 5.74) is 0.584. The normalized spacial score (nSPS) is 17.4. The Kier molecular flexibility index (Phi) is 6.28. The van der Waals surface area contributed by atoms with E-state index in [1.165, 1.54) is 12.1 Å². The van der Waals surface area contributed by atoms with E-state index in [-0.39, 0.29) is 35.4 Å². The van der Waals surface area contributed by atoms with Gasteiger partial charge < -0.3 is 27.9 Å². The quantitative estimate of drug-likeness (QED) is 0.237. The zero-order valence-electron chi connectivity index (χ0n) is 21.9. The minimum atomic E-state index is -0.649. The van der Waals surface area contributed by atoms with Crippen molar-refractivity contribution in [1.29, 1.82) is 0 Å². The van der Waals surface area contributed by atoms with Crippen LogP contribution in [-0.2, 0) is 0 Å². The molecule has 1 fully saturated rings. The lowest BCUT2D eigenvalue weighted by Gasteiger charge is -2.37. The van der Waals surface area contributed by atoms with Crippen LogP contribution < -0.4 is 20.7 Å². The van der Waals surface area contributed by atoms with E-state index in [9.17, 15) is 9.59 Å². The third-order valence-electron chi connectivity index (χ3n) is 7.57. The molecular weight excluding hydrogens is 665 g/mol. The SMILES string of the molecule is CC1COc2c(N3CCN(C)CC3)c(F)cc3c(=O)cc(-c4nnc(-c5cc6cc(Br)cc(Br)c6oc5=O)o4)n1c23. The highest BCUT2D eigenvalue weighted by molar-refractivity contribution is 9.11. The molecule has 2 aliphatic rings. The Hall–Kier alpha value is -3.55. The van der Waals surface area contributed by atoms with Crippen molar-refractivity contribution >= 4 is 59.4 Å². The van der Waals surface area contributed by atoms with E-state index in [2.05, 4.69) is 47.0 Å². The molecule has 1 saturated heterocycles. The van der Waals surface area contributed by atoms with Gasteiger partial charge in [0.2, 0.25) is 0 Å². The number of fused-ring (bicyclic) bond motifs is 1. The largest absolute Gasteiger partial charge is 0.487 e. The van der Waals surface area contributed by atoms with E-state index in [0.717, 1.165) is 17.6 Å². The van der Waals surface area contributed by atoms with E-state index in [1.807, 2.05) is 23.4 Å². The maximum atomic E-state index is 15.5. The van der Waals surface area contributed by atoms with Crippen LogP contribution in [0.5, 0.6) is 5.75 Å². The third kappa shape index (κ3) is 4.29. The van der Waals surface area contributed by atoms with Crippen LogP contribution in [0.15, 0.2) is 57.7 Å². The molecule has 0 aliphatic carbocycles. The molecular formula is C28H22Br2FN5O5. The van der Waals surface area contributed by atoms with E-state index < -0.39 is 16.9 Å². The number of likely N-dealkylation sites (N-methyl/N-ethyl adjacent to an activating group) is 1. The second-order valence-electron chi connectivity index (χ2n) is 10.3. The molecule has 210 valence electrons. The Morgan fingerprint density at radius 3 is 2.51 bits per heavy atom. The summed E-state index contributed by atoms with van der Waals surface area (Å²) < 4.78 is 36.4. The van der Waals surface area contributed by atoms with Gasteiger partial charge >= 0.3 is 5.63 Å². The smallest absolute Gasteiger partial charge is 0.349 e. The van der Waals surface area contributed by atoms with Gasteiger partial charge in [-0.15, -0.1) is 10.2 Å². The molecule has 1 atom stereocenters. The van der Waals surface area contributed by atoms with Gasteiger partial charge in [-0.25, -0.2) is 9.18 Å². The van der Waals surface area contributed by atoms with Gasteiger partial charge in [-0.1, -0.05) is 15.9 Å². The summed E-state index contributed by atoms with van der Waals surface area (Å²) in [6.45, 7) is 5.00. The molecule has 3 aromatic heterocycles. The minimum Gasteiger partial charge on any atom is -0.487 e. The van der Waals surface area contributed by atoms with Gasteiger partial charge in [0.15, 0.2) is 22.6 Å². The number of benzene rings is 2. The summed E-state index contributed by atoms with van der Waals surface area (Å²) >= 11 is 6.85. The molecule has 0 saturated carbocycles. The number of halogens is 3. The summed E-state index contributed by atoms with van der Waals surface area (Å²) in [6, 6.07) is 7.60. The molecule has 5 aromatic rings. The highest BCUT2D eigenvalue weighted by Crippen LogP contribution is 2.43. The van der Waals surface area contributed by atoms with Crippen LogP contribution in [0.25, 0.3) is 44.9 Å². The monoisotopic (exact) mass is 685 g/mol. The van der Waals surface area contributed by atoms with Gasteiger partial charge in [0.05, 0.1) is 21.4 Å². The van der Waals surface area contributed by atoms with Gasteiger partial charge in [-0.3, -0.25) is 4.79 Å². The number of anilines is 1. The highest BCUT2D eigenvalue weighted by Gasteiger charge is 2.32. The number of nitrogens with zero attached hydrogens (tertiary/aromatic N) is 5. The fourth-order valence-electron chi connectivity index (χ4n) is 5.53. The minimum absolute atomic E-state index is 0.0408. The van der Waals surface area contributed by atoms with E-state index in [0.29, 0.717) is 51.2 Å². The third-order valence-corrected chi connectivity index (χ3v) is 8.62. The molecule has 0 radical (unpaired) electrons. The van der Waals surface area contributed by atoms with Crippen LogP contribution in [-0.4, -0.2) is 59.5 Å². The van der Waals surface area contributed by atoms with Crippen LogP contribution in [0.3, 0.4) is 0 Å². The van der Waals surface area contributed by atoms with Gasteiger partial charge in [-0.05, 0) is 54.2 Å². The van der Waals surface area contributed by atoms with E-state index in [1.54, 1.807) is 18.2 Å².